The van der Waals surface area contributed by atoms with Crippen LogP contribution in [-0.2, 0) is 4.79 Å². The third kappa shape index (κ3) is 2.15. The number of ketones is 1. The second-order valence-corrected chi connectivity index (χ2v) is 3.15. The van der Waals surface area contributed by atoms with E-state index in [1.165, 1.54) is 0 Å². The molecule has 1 unspecified atom stereocenters. The minimum absolute atomic E-state index is 0.398. The van der Waals surface area contributed by atoms with Crippen molar-refractivity contribution in [3.8, 4) is 0 Å². The van der Waals surface area contributed by atoms with Crippen molar-refractivity contribution >= 4 is 5.78 Å². The second-order valence-electron chi connectivity index (χ2n) is 3.15. The molecule has 11 heavy (non-hydrogen) atoms. The van der Waals surface area contributed by atoms with E-state index in [9.17, 15) is 4.79 Å². The van der Waals surface area contributed by atoms with Crippen molar-refractivity contribution in [3.63, 3.8) is 0 Å². The number of piperidine rings is 1. The molecule has 0 aromatic rings. The zero-order chi connectivity index (χ0) is 8.27. The van der Waals surface area contributed by atoms with Gasteiger partial charge in [0.1, 0.15) is 5.78 Å². The average Bonchev–Trinajstić information content (AvgIpc) is 1.98. The number of hydrogen-bond acceptors (Lipinski definition) is 2. The summed E-state index contributed by atoms with van der Waals surface area (Å²) < 4.78 is 0. The quantitative estimate of drug-likeness (QED) is 0.556. The molecular formula is C9H15NO. The summed E-state index contributed by atoms with van der Waals surface area (Å²) in [5, 5.41) is 0. The van der Waals surface area contributed by atoms with Gasteiger partial charge in [-0.2, -0.15) is 0 Å². The van der Waals surface area contributed by atoms with Gasteiger partial charge in [0.15, 0.2) is 0 Å². The van der Waals surface area contributed by atoms with Crippen LogP contribution in [0.4, 0.5) is 0 Å². The van der Waals surface area contributed by atoms with Crippen molar-refractivity contribution in [2.75, 3.05) is 13.6 Å². The predicted molar refractivity (Wildman–Crippen MR) is 45.5 cm³/mol. The summed E-state index contributed by atoms with van der Waals surface area (Å²) in [6, 6.07) is 0.411. The lowest BCUT2D eigenvalue weighted by atomic mass is 9.99. The lowest BCUT2D eigenvalue weighted by Gasteiger charge is -2.30. The Morgan fingerprint density at radius 2 is 2.55 bits per heavy atom. The zero-order valence-corrected chi connectivity index (χ0v) is 7.05. The Hall–Kier alpha value is -0.630. The smallest absolute Gasteiger partial charge is 0.135 e. The van der Waals surface area contributed by atoms with Crippen molar-refractivity contribution in [2.24, 2.45) is 0 Å². The summed E-state index contributed by atoms with van der Waals surface area (Å²) >= 11 is 0. The molecule has 62 valence electrons. The molecular weight excluding hydrogens is 138 g/mol. The van der Waals surface area contributed by atoms with Crippen LogP contribution in [0.15, 0.2) is 12.7 Å². The fourth-order valence-corrected chi connectivity index (χ4v) is 1.46. The van der Waals surface area contributed by atoms with Crippen LogP contribution in [0, 0.1) is 0 Å². The van der Waals surface area contributed by atoms with Gasteiger partial charge in [-0.05, 0) is 13.5 Å². The molecule has 0 N–H and O–H groups in total. The van der Waals surface area contributed by atoms with Crippen molar-refractivity contribution in [2.45, 2.75) is 25.3 Å². The van der Waals surface area contributed by atoms with Crippen molar-refractivity contribution in [1.82, 2.24) is 4.90 Å². The predicted octanol–water partition coefficient (Wildman–Crippen LogP) is 1.23. The first-order valence-corrected chi connectivity index (χ1v) is 4.07. The van der Waals surface area contributed by atoms with Crippen molar-refractivity contribution in [1.29, 1.82) is 0 Å². The van der Waals surface area contributed by atoms with Gasteiger partial charge in [-0.25, -0.2) is 0 Å². The zero-order valence-electron chi connectivity index (χ0n) is 7.05. The second kappa shape index (κ2) is 3.67. The summed E-state index contributed by atoms with van der Waals surface area (Å²) in [4.78, 5) is 13.3. The number of nitrogens with zero attached hydrogens (tertiary/aromatic N) is 1. The molecule has 2 heteroatoms. The van der Waals surface area contributed by atoms with E-state index in [1.807, 2.05) is 6.08 Å². The van der Waals surface area contributed by atoms with Crippen LogP contribution in [0.1, 0.15) is 19.3 Å². The van der Waals surface area contributed by atoms with Gasteiger partial charge in [-0.15, -0.1) is 6.58 Å². The van der Waals surface area contributed by atoms with Gasteiger partial charge in [0.2, 0.25) is 0 Å². The lowest BCUT2D eigenvalue weighted by molar-refractivity contribution is -0.122. The molecule has 1 aliphatic heterocycles. The van der Waals surface area contributed by atoms with Crippen LogP contribution in [0.2, 0.25) is 0 Å². The van der Waals surface area contributed by atoms with E-state index in [4.69, 9.17) is 0 Å². The molecule has 1 saturated heterocycles. The van der Waals surface area contributed by atoms with Crippen LogP contribution < -0.4 is 0 Å². The fraction of sp³-hybridized carbons (Fsp3) is 0.667. The maximum absolute atomic E-state index is 11.0. The fourth-order valence-electron chi connectivity index (χ4n) is 1.46. The monoisotopic (exact) mass is 153 g/mol. The van der Waals surface area contributed by atoms with Crippen LogP contribution in [0.5, 0.6) is 0 Å². The highest BCUT2D eigenvalue weighted by atomic mass is 16.1. The molecule has 1 atom stereocenters. The first-order valence-electron chi connectivity index (χ1n) is 4.07. The molecule has 1 heterocycles. The Morgan fingerprint density at radius 1 is 1.82 bits per heavy atom. The molecule has 1 rings (SSSR count). The highest BCUT2D eigenvalue weighted by molar-refractivity contribution is 5.79. The molecule has 0 saturated carbocycles. The van der Waals surface area contributed by atoms with Gasteiger partial charge in [0.05, 0.1) is 0 Å². The van der Waals surface area contributed by atoms with Gasteiger partial charge < -0.3 is 4.90 Å². The Kier molecular flexibility index (Phi) is 2.83. The summed E-state index contributed by atoms with van der Waals surface area (Å²) in [5.41, 5.74) is 0. The molecule has 0 spiro atoms. The van der Waals surface area contributed by atoms with Crippen LogP contribution in [-0.4, -0.2) is 30.3 Å². The standard InChI is InChI=1S/C9H15NO/c1-3-4-8-7-9(11)5-6-10(8)2/h3,8H,1,4-7H2,2H3. The highest BCUT2D eigenvalue weighted by Gasteiger charge is 2.22. The summed E-state index contributed by atoms with van der Waals surface area (Å²) in [6.07, 6.45) is 4.26. The third-order valence-electron chi connectivity index (χ3n) is 2.27. The molecule has 0 bridgehead atoms. The molecule has 2 nitrogen and oxygen atoms in total. The van der Waals surface area contributed by atoms with Gasteiger partial charge in [0, 0.05) is 25.4 Å². The van der Waals surface area contributed by atoms with E-state index >= 15 is 0 Å². The van der Waals surface area contributed by atoms with Gasteiger partial charge >= 0.3 is 0 Å². The number of rotatable bonds is 2. The number of carbonyl (C=O) groups excluding carboxylic acids is 1. The molecule has 0 aliphatic carbocycles. The maximum Gasteiger partial charge on any atom is 0.135 e. The first-order chi connectivity index (χ1) is 5.24. The first kappa shape index (κ1) is 8.47. The van der Waals surface area contributed by atoms with Crippen LogP contribution in [0.3, 0.4) is 0 Å². The minimum atomic E-state index is 0.398. The van der Waals surface area contributed by atoms with E-state index in [2.05, 4.69) is 18.5 Å². The molecule has 0 aromatic carbocycles. The van der Waals surface area contributed by atoms with E-state index in [1.54, 1.807) is 0 Å². The lowest BCUT2D eigenvalue weighted by Crippen LogP contribution is -2.39. The molecule has 1 aliphatic rings. The minimum Gasteiger partial charge on any atom is -0.302 e. The Morgan fingerprint density at radius 3 is 3.18 bits per heavy atom. The molecule has 0 amide bonds. The maximum atomic E-state index is 11.0. The topological polar surface area (TPSA) is 20.3 Å². The van der Waals surface area contributed by atoms with E-state index in [0.29, 0.717) is 18.2 Å². The average molecular weight is 153 g/mol. The SMILES string of the molecule is C=CCC1CC(=O)CCN1C. The van der Waals surface area contributed by atoms with Crippen molar-refractivity contribution < 1.29 is 4.79 Å². The number of likely N-dealkylation sites (tertiary alicyclic amines) is 1. The Balaban J connectivity index is 2.46. The van der Waals surface area contributed by atoms with Gasteiger partial charge in [-0.1, -0.05) is 6.08 Å². The molecule has 0 radical (unpaired) electrons. The largest absolute Gasteiger partial charge is 0.302 e. The number of hydrogen-bond donors (Lipinski definition) is 0. The normalized spacial score (nSPS) is 27.0. The summed E-state index contributed by atoms with van der Waals surface area (Å²) in [6.45, 7) is 4.59. The van der Waals surface area contributed by atoms with E-state index in [0.717, 1.165) is 19.4 Å². The summed E-state index contributed by atoms with van der Waals surface area (Å²) in [7, 11) is 2.07. The van der Waals surface area contributed by atoms with Gasteiger partial charge in [-0.3, -0.25) is 4.79 Å². The van der Waals surface area contributed by atoms with E-state index < -0.39 is 0 Å². The van der Waals surface area contributed by atoms with Crippen molar-refractivity contribution in [3.05, 3.63) is 12.7 Å². The highest BCUT2D eigenvalue weighted by Crippen LogP contribution is 2.14. The molecule has 0 aromatic heterocycles. The molecule has 1 fully saturated rings. The third-order valence-corrected chi connectivity index (χ3v) is 2.27. The Bertz CT molecular complexity index is 165. The summed E-state index contributed by atoms with van der Waals surface area (Å²) in [5.74, 6) is 0.398. The van der Waals surface area contributed by atoms with Gasteiger partial charge in [0.25, 0.3) is 0 Å². The number of carbonyl (C=O) groups is 1. The van der Waals surface area contributed by atoms with Crippen LogP contribution >= 0.6 is 0 Å². The Labute approximate surface area is 67.9 Å². The van der Waals surface area contributed by atoms with Crippen LogP contribution in [0.25, 0.3) is 0 Å². The van der Waals surface area contributed by atoms with E-state index in [-0.39, 0.29) is 0 Å². The number of Topliss-reactive ketones (excluding diaryl/α,β-unsaturated/α-hetero) is 1.